The average molecular weight is 409 g/mol. The Morgan fingerprint density at radius 1 is 0.857 bits per heavy atom. The van der Waals surface area contributed by atoms with Crippen LogP contribution in [-0.2, 0) is 6.18 Å². The number of nitrogens with zero attached hydrogens (tertiary/aromatic N) is 1. The minimum Gasteiger partial charge on any atom is -0.493 e. The van der Waals surface area contributed by atoms with E-state index in [1.165, 1.54) is 44.8 Å². The molecule has 4 nitrogen and oxygen atoms in total. The predicted molar refractivity (Wildman–Crippen MR) is 102 cm³/mol. The highest BCUT2D eigenvalue weighted by molar-refractivity contribution is 7.15. The molecule has 28 heavy (non-hydrogen) atoms. The number of thiazole rings is 1. The smallest absolute Gasteiger partial charge is 0.416 e. The second kappa shape index (κ2) is 7.71. The summed E-state index contributed by atoms with van der Waals surface area (Å²) in [5.74, 6) is 1.40. The highest BCUT2D eigenvalue weighted by Crippen LogP contribution is 2.44. The average Bonchev–Trinajstić information content (AvgIpc) is 3.07. The van der Waals surface area contributed by atoms with E-state index in [1.54, 1.807) is 12.1 Å². The molecule has 0 aliphatic heterocycles. The molecule has 0 atom stereocenters. The van der Waals surface area contributed by atoms with Gasteiger partial charge in [-0.2, -0.15) is 13.2 Å². The molecule has 0 spiro atoms. The molecule has 1 heterocycles. The fraction of sp³-hybridized carbons (Fsp3) is 0.250. The summed E-state index contributed by atoms with van der Waals surface area (Å²) in [4.78, 5) is 5.34. The van der Waals surface area contributed by atoms with Gasteiger partial charge in [-0.3, -0.25) is 0 Å². The quantitative estimate of drug-likeness (QED) is 0.532. The highest BCUT2D eigenvalue weighted by atomic mass is 32.1. The number of ether oxygens (including phenoxy) is 3. The van der Waals surface area contributed by atoms with Crippen LogP contribution in [0.25, 0.3) is 21.7 Å². The monoisotopic (exact) mass is 409 g/mol. The third kappa shape index (κ3) is 3.77. The van der Waals surface area contributed by atoms with Crippen molar-refractivity contribution in [3.05, 3.63) is 47.0 Å². The normalized spacial score (nSPS) is 11.4. The van der Waals surface area contributed by atoms with Gasteiger partial charge in [0, 0.05) is 5.56 Å². The van der Waals surface area contributed by atoms with Gasteiger partial charge in [0.2, 0.25) is 5.75 Å². The molecular weight excluding hydrogens is 391 g/mol. The lowest BCUT2D eigenvalue weighted by Crippen LogP contribution is -2.03. The van der Waals surface area contributed by atoms with Gasteiger partial charge in [0.1, 0.15) is 0 Å². The van der Waals surface area contributed by atoms with E-state index in [0.717, 1.165) is 22.0 Å². The zero-order chi connectivity index (χ0) is 20.5. The molecule has 0 bridgehead atoms. The molecule has 0 saturated carbocycles. The second-order valence-electron chi connectivity index (χ2n) is 5.90. The second-order valence-corrected chi connectivity index (χ2v) is 7.10. The molecule has 0 N–H and O–H groups in total. The van der Waals surface area contributed by atoms with E-state index in [1.807, 2.05) is 6.92 Å². The Morgan fingerprint density at radius 3 is 1.89 bits per heavy atom. The Balaban J connectivity index is 2.13. The minimum atomic E-state index is -4.37. The number of aryl methyl sites for hydroxylation is 1. The molecule has 2 aromatic carbocycles. The molecule has 0 radical (unpaired) electrons. The molecule has 0 unspecified atom stereocenters. The number of hydrogen-bond donors (Lipinski definition) is 0. The fourth-order valence-electron chi connectivity index (χ4n) is 2.85. The van der Waals surface area contributed by atoms with Gasteiger partial charge in [-0.15, -0.1) is 11.3 Å². The first-order chi connectivity index (χ1) is 13.3. The van der Waals surface area contributed by atoms with Crippen molar-refractivity contribution in [3.8, 4) is 38.9 Å². The Labute approximate surface area is 164 Å². The zero-order valence-electron chi connectivity index (χ0n) is 15.7. The van der Waals surface area contributed by atoms with Crippen molar-refractivity contribution in [2.45, 2.75) is 13.1 Å². The van der Waals surface area contributed by atoms with Crippen LogP contribution in [-0.4, -0.2) is 26.3 Å². The van der Waals surface area contributed by atoms with Crippen LogP contribution in [0.15, 0.2) is 36.4 Å². The summed E-state index contributed by atoms with van der Waals surface area (Å²) >= 11 is 1.41. The topological polar surface area (TPSA) is 40.6 Å². The van der Waals surface area contributed by atoms with Crippen LogP contribution in [0.2, 0.25) is 0 Å². The van der Waals surface area contributed by atoms with E-state index in [0.29, 0.717) is 34.1 Å². The third-order valence-corrected chi connectivity index (χ3v) is 5.17. The highest BCUT2D eigenvalue weighted by Gasteiger charge is 2.30. The summed E-state index contributed by atoms with van der Waals surface area (Å²) in [5, 5.41) is 0.790. The van der Waals surface area contributed by atoms with Crippen LogP contribution in [0, 0.1) is 6.92 Å². The lowest BCUT2D eigenvalue weighted by Gasteiger charge is -2.14. The maximum Gasteiger partial charge on any atom is 0.416 e. The maximum absolute atomic E-state index is 12.9. The number of benzene rings is 2. The number of aromatic nitrogens is 1. The van der Waals surface area contributed by atoms with Gasteiger partial charge in [0.05, 0.1) is 42.5 Å². The van der Waals surface area contributed by atoms with Crippen molar-refractivity contribution < 1.29 is 27.4 Å². The summed E-state index contributed by atoms with van der Waals surface area (Å²) in [6.07, 6.45) is -4.37. The van der Waals surface area contributed by atoms with Crippen molar-refractivity contribution in [1.29, 1.82) is 0 Å². The van der Waals surface area contributed by atoms with E-state index < -0.39 is 11.7 Å². The van der Waals surface area contributed by atoms with Crippen molar-refractivity contribution in [2.75, 3.05) is 21.3 Å². The van der Waals surface area contributed by atoms with Gasteiger partial charge in [-0.05, 0) is 36.8 Å². The number of rotatable bonds is 5. The van der Waals surface area contributed by atoms with E-state index in [2.05, 4.69) is 4.98 Å². The van der Waals surface area contributed by atoms with E-state index in [-0.39, 0.29) is 0 Å². The van der Waals surface area contributed by atoms with Gasteiger partial charge in [-0.1, -0.05) is 12.1 Å². The van der Waals surface area contributed by atoms with Crippen LogP contribution in [0.4, 0.5) is 13.2 Å². The van der Waals surface area contributed by atoms with E-state index in [4.69, 9.17) is 14.2 Å². The molecule has 3 aromatic rings. The van der Waals surface area contributed by atoms with Gasteiger partial charge in [-0.25, -0.2) is 4.98 Å². The summed E-state index contributed by atoms with van der Waals surface area (Å²) in [7, 11) is 4.55. The molecule has 0 fully saturated rings. The van der Waals surface area contributed by atoms with Crippen LogP contribution in [0.5, 0.6) is 17.2 Å². The van der Waals surface area contributed by atoms with Crippen molar-refractivity contribution in [3.63, 3.8) is 0 Å². The largest absolute Gasteiger partial charge is 0.493 e. The number of halogens is 3. The Hall–Kier alpha value is -2.74. The van der Waals surface area contributed by atoms with Crippen molar-refractivity contribution in [2.24, 2.45) is 0 Å². The van der Waals surface area contributed by atoms with Gasteiger partial charge < -0.3 is 14.2 Å². The van der Waals surface area contributed by atoms with Crippen molar-refractivity contribution >= 4 is 11.3 Å². The summed E-state index contributed by atoms with van der Waals surface area (Å²) in [6.45, 7) is 1.85. The van der Waals surface area contributed by atoms with Crippen LogP contribution in [0.1, 0.15) is 10.6 Å². The molecule has 3 rings (SSSR count). The van der Waals surface area contributed by atoms with Gasteiger partial charge >= 0.3 is 6.18 Å². The standard InChI is InChI=1S/C20H18F3NO3S/c1-11-24-17(13-9-15(25-2)18(27-4)16(10-13)26-3)19(28-11)12-5-7-14(8-6-12)20(21,22)23/h5-10H,1-4H3. The van der Waals surface area contributed by atoms with Crippen LogP contribution >= 0.6 is 11.3 Å². The first-order valence-corrected chi connectivity index (χ1v) is 9.05. The van der Waals surface area contributed by atoms with Gasteiger partial charge in [0.15, 0.2) is 11.5 Å². The van der Waals surface area contributed by atoms with E-state index >= 15 is 0 Å². The molecule has 148 valence electrons. The SMILES string of the molecule is COc1cc(-c2nc(C)sc2-c2ccc(C(F)(F)F)cc2)cc(OC)c1OC. The first kappa shape index (κ1) is 20.0. The Kier molecular flexibility index (Phi) is 5.51. The van der Waals surface area contributed by atoms with E-state index in [9.17, 15) is 13.2 Å². The fourth-order valence-corrected chi connectivity index (χ4v) is 3.79. The van der Waals surface area contributed by atoms with Crippen LogP contribution < -0.4 is 14.2 Å². The number of methoxy groups -OCH3 is 3. The van der Waals surface area contributed by atoms with Crippen LogP contribution in [0.3, 0.4) is 0 Å². The summed E-state index contributed by atoms with van der Waals surface area (Å²) in [6, 6.07) is 8.59. The van der Waals surface area contributed by atoms with Crippen molar-refractivity contribution in [1.82, 2.24) is 4.98 Å². The Bertz CT molecular complexity index is 956. The molecule has 0 aliphatic carbocycles. The Morgan fingerprint density at radius 2 is 1.43 bits per heavy atom. The first-order valence-electron chi connectivity index (χ1n) is 8.24. The molecular formula is C20H18F3NO3S. The lowest BCUT2D eigenvalue weighted by molar-refractivity contribution is -0.137. The number of alkyl halides is 3. The maximum atomic E-state index is 12.9. The molecule has 8 heteroatoms. The molecule has 0 saturated heterocycles. The molecule has 1 aromatic heterocycles. The predicted octanol–water partition coefficient (Wildman–Crippen LogP) is 5.83. The molecule has 0 amide bonds. The summed E-state index contributed by atoms with van der Waals surface area (Å²) < 4.78 is 54.7. The minimum absolute atomic E-state index is 0.455. The summed E-state index contributed by atoms with van der Waals surface area (Å²) in [5.41, 5.74) is 1.32. The zero-order valence-corrected chi connectivity index (χ0v) is 16.5. The van der Waals surface area contributed by atoms with Gasteiger partial charge in [0.25, 0.3) is 0 Å². The number of hydrogen-bond acceptors (Lipinski definition) is 5. The lowest BCUT2D eigenvalue weighted by atomic mass is 10.0. The third-order valence-electron chi connectivity index (χ3n) is 4.15. The molecule has 0 aliphatic rings.